The van der Waals surface area contributed by atoms with E-state index in [4.69, 9.17) is 4.74 Å². The van der Waals surface area contributed by atoms with Crippen LogP contribution >= 0.6 is 0 Å². The van der Waals surface area contributed by atoms with Crippen LogP contribution in [0.25, 0.3) is 0 Å². The van der Waals surface area contributed by atoms with Crippen LogP contribution in [0.15, 0.2) is 109 Å². The van der Waals surface area contributed by atoms with Gasteiger partial charge < -0.3 is 36.2 Å². The smallest absolute Gasteiger partial charge is 0.336 e. The highest BCUT2D eigenvalue weighted by atomic mass is 16.5. The molecule has 13 heteroatoms. The number of benzene rings is 5. The molecule has 0 aliphatic heterocycles. The number of Topliss-reactive ketones (excluding diaryl/α,β-unsaturated/α-hetero) is 1. The second-order valence-corrected chi connectivity index (χ2v) is 11.0. The fourth-order valence-electron chi connectivity index (χ4n) is 4.94. The molecule has 0 radical (unpaired) electrons. The molecule has 0 heterocycles. The van der Waals surface area contributed by atoms with Gasteiger partial charge >= 0.3 is 11.9 Å². The zero-order valence-corrected chi connectivity index (χ0v) is 27.1. The quantitative estimate of drug-likeness (QED) is 0.0752. The first-order valence-electron chi connectivity index (χ1n) is 15.3. The van der Waals surface area contributed by atoms with Gasteiger partial charge in [-0.2, -0.15) is 0 Å². The van der Waals surface area contributed by atoms with Crippen molar-refractivity contribution in [1.82, 2.24) is 0 Å². The minimum atomic E-state index is -1.41. The number of anilines is 4. The van der Waals surface area contributed by atoms with Crippen LogP contribution in [-0.2, 0) is 0 Å². The van der Waals surface area contributed by atoms with E-state index >= 15 is 0 Å². The highest BCUT2D eigenvalue weighted by molar-refractivity contribution is 6.11. The van der Waals surface area contributed by atoms with E-state index in [9.17, 15) is 39.0 Å². The minimum absolute atomic E-state index is 0.0122. The number of ether oxygens (including phenoxy) is 1. The summed E-state index contributed by atoms with van der Waals surface area (Å²) in [6.07, 6.45) is 0. The molecule has 0 aromatic heterocycles. The molecule has 0 bridgehead atoms. The normalized spacial score (nSPS) is 10.4. The van der Waals surface area contributed by atoms with E-state index in [0.717, 1.165) is 17.8 Å². The lowest BCUT2D eigenvalue weighted by Gasteiger charge is -2.12. The number of hydrogen-bond donors (Lipinski definition) is 6. The average Bonchev–Trinajstić information content (AvgIpc) is 3.11. The Balaban J connectivity index is 1.22. The average molecular weight is 687 g/mol. The Morgan fingerprint density at radius 2 is 0.941 bits per heavy atom. The number of carboxylic acid groups (broad SMARTS) is 2. The van der Waals surface area contributed by atoms with Gasteiger partial charge in [-0.25, -0.2) is 9.59 Å². The number of aromatic carboxylic acids is 2. The number of hydrogen-bond acceptors (Lipinski definition) is 8. The van der Waals surface area contributed by atoms with Gasteiger partial charge in [-0.3, -0.25) is 19.2 Å². The maximum Gasteiger partial charge on any atom is 0.336 e. The molecule has 5 aromatic carbocycles. The molecule has 0 fully saturated rings. The van der Waals surface area contributed by atoms with Crippen molar-refractivity contribution in [3.63, 3.8) is 0 Å². The van der Waals surface area contributed by atoms with Crippen LogP contribution in [0.5, 0.6) is 11.5 Å². The van der Waals surface area contributed by atoms with Crippen molar-refractivity contribution < 1.29 is 43.7 Å². The Kier molecular flexibility index (Phi) is 10.5. The molecule has 51 heavy (non-hydrogen) atoms. The molecule has 5 aromatic rings. The lowest BCUT2D eigenvalue weighted by atomic mass is 10.0. The van der Waals surface area contributed by atoms with Crippen molar-refractivity contribution in [2.24, 2.45) is 0 Å². The second-order valence-electron chi connectivity index (χ2n) is 11.0. The lowest BCUT2D eigenvalue weighted by molar-refractivity contribution is 0.0683. The molecule has 0 saturated carbocycles. The molecule has 0 aliphatic rings. The monoisotopic (exact) mass is 686 g/mol. The lowest BCUT2D eigenvalue weighted by Crippen LogP contribution is -2.17. The summed E-state index contributed by atoms with van der Waals surface area (Å²) >= 11 is 0. The third-order valence-corrected chi connectivity index (χ3v) is 7.52. The Morgan fingerprint density at radius 3 is 1.41 bits per heavy atom. The molecular weight excluding hydrogens is 656 g/mol. The second kappa shape index (κ2) is 15.3. The predicted molar refractivity (Wildman–Crippen MR) is 190 cm³/mol. The van der Waals surface area contributed by atoms with E-state index in [2.05, 4.69) is 21.3 Å². The number of carbonyl (C=O) groups excluding carboxylic acids is 4. The van der Waals surface area contributed by atoms with E-state index in [0.29, 0.717) is 16.9 Å². The summed E-state index contributed by atoms with van der Waals surface area (Å²) in [5.74, 6) is -4.65. The molecule has 6 N–H and O–H groups in total. The van der Waals surface area contributed by atoms with Crippen LogP contribution in [0.4, 0.5) is 22.7 Å². The van der Waals surface area contributed by atoms with Crippen molar-refractivity contribution >= 4 is 58.2 Å². The largest absolute Gasteiger partial charge is 0.478 e. The van der Waals surface area contributed by atoms with Crippen molar-refractivity contribution in [3.8, 4) is 11.5 Å². The van der Waals surface area contributed by atoms with Gasteiger partial charge in [0.05, 0.1) is 16.7 Å². The summed E-state index contributed by atoms with van der Waals surface area (Å²) in [4.78, 5) is 74.1. The van der Waals surface area contributed by atoms with Crippen LogP contribution in [-0.4, -0.2) is 52.7 Å². The molecule has 0 atom stereocenters. The number of carboxylic acids is 2. The molecule has 0 unspecified atom stereocenters. The molecule has 0 spiro atoms. The SMILES string of the molecule is CNc1ccc(C(=O)Nc2cccc(NC(=O)c3ccc(NC(=O)c4ccc(Oc5ccc(C(C)=O)c(C(=O)O)c5)cc4C(=O)O)cc3)c2)cc1. The van der Waals surface area contributed by atoms with Gasteiger partial charge in [-0.15, -0.1) is 0 Å². The van der Waals surface area contributed by atoms with Gasteiger partial charge in [0.25, 0.3) is 17.7 Å². The van der Waals surface area contributed by atoms with Gasteiger partial charge in [-0.1, -0.05) is 6.07 Å². The molecular formula is C38H30N4O9. The van der Waals surface area contributed by atoms with E-state index in [1.54, 1.807) is 55.6 Å². The number of nitrogens with one attached hydrogen (secondary N) is 4. The zero-order chi connectivity index (χ0) is 36.7. The Labute approximate surface area is 290 Å². The summed E-state index contributed by atoms with van der Waals surface area (Å²) < 4.78 is 5.65. The van der Waals surface area contributed by atoms with E-state index in [1.807, 2.05) is 0 Å². The topological polar surface area (TPSA) is 200 Å². The maximum atomic E-state index is 13.1. The van der Waals surface area contributed by atoms with Gasteiger partial charge in [-0.05, 0) is 110 Å². The summed E-state index contributed by atoms with van der Waals surface area (Å²) in [5.41, 5.74) is 1.94. The zero-order valence-electron chi connectivity index (χ0n) is 27.1. The molecule has 0 aliphatic carbocycles. The maximum absolute atomic E-state index is 13.1. The number of amides is 3. The Bertz CT molecular complexity index is 2180. The summed E-state index contributed by atoms with van der Waals surface area (Å²) in [6.45, 7) is 1.23. The molecule has 13 nitrogen and oxygen atoms in total. The first-order valence-corrected chi connectivity index (χ1v) is 15.3. The first kappa shape index (κ1) is 35.0. The van der Waals surface area contributed by atoms with Crippen LogP contribution in [0, 0.1) is 0 Å². The van der Waals surface area contributed by atoms with E-state index in [-0.39, 0.29) is 50.9 Å². The van der Waals surface area contributed by atoms with E-state index < -0.39 is 29.5 Å². The summed E-state index contributed by atoms with van der Waals surface area (Å²) in [6, 6.07) is 27.0. The standard InChI is InChI=1S/C38H30N4O9/c1-21(43)30-16-14-28(19-32(30)37(47)48)51-29-15-17-31(33(20-29)38(49)50)36(46)40-25-12-8-23(9-13-25)35(45)42-27-5-3-4-26(18-27)41-34(44)22-6-10-24(39-2)11-7-22/h3-20,39H,1-2H3,(H,40,46)(H,41,44)(H,42,45)(H,47,48)(H,49,50). The molecule has 5 rings (SSSR count). The summed E-state index contributed by atoms with van der Waals surface area (Å²) in [5, 5.41) is 30.4. The Morgan fingerprint density at radius 1 is 0.490 bits per heavy atom. The van der Waals surface area contributed by atoms with Gasteiger partial charge in [0.2, 0.25) is 0 Å². The molecule has 256 valence electrons. The van der Waals surface area contributed by atoms with Gasteiger partial charge in [0.1, 0.15) is 11.5 Å². The highest BCUT2D eigenvalue weighted by Gasteiger charge is 2.20. The minimum Gasteiger partial charge on any atom is -0.478 e. The van der Waals surface area contributed by atoms with Crippen LogP contribution < -0.4 is 26.0 Å². The van der Waals surface area contributed by atoms with Gasteiger partial charge in [0, 0.05) is 46.5 Å². The van der Waals surface area contributed by atoms with Crippen LogP contribution in [0.1, 0.15) is 69.1 Å². The van der Waals surface area contributed by atoms with E-state index in [1.165, 1.54) is 55.5 Å². The third kappa shape index (κ3) is 8.61. The van der Waals surface area contributed by atoms with Crippen molar-refractivity contribution in [3.05, 3.63) is 143 Å². The number of rotatable bonds is 12. The number of ketones is 1. The third-order valence-electron chi connectivity index (χ3n) is 7.52. The fourth-order valence-corrected chi connectivity index (χ4v) is 4.94. The number of carbonyl (C=O) groups is 6. The molecule has 0 saturated heterocycles. The first-order chi connectivity index (χ1) is 24.4. The summed E-state index contributed by atoms with van der Waals surface area (Å²) in [7, 11) is 1.78. The Hall–Kier alpha value is -7.28. The van der Waals surface area contributed by atoms with Crippen LogP contribution in [0.2, 0.25) is 0 Å². The van der Waals surface area contributed by atoms with Gasteiger partial charge in [0.15, 0.2) is 5.78 Å². The predicted octanol–water partition coefficient (Wildman–Crippen LogP) is 6.88. The highest BCUT2D eigenvalue weighted by Crippen LogP contribution is 2.28. The van der Waals surface area contributed by atoms with Crippen molar-refractivity contribution in [2.45, 2.75) is 6.92 Å². The fraction of sp³-hybridized carbons (Fsp3) is 0.0526. The van der Waals surface area contributed by atoms with Crippen LogP contribution in [0.3, 0.4) is 0 Å². The molecule has 3 amide bonds. The van der Waals surface area contributed by atoms with Crippen molar-refractivity contribution in [2.75, 3.05) is 28.3 Å². The van der Waals surface area contributed by atoms with Crippen molar-refractivity contribution in [1.29, 1.82) is 0 Å².